The van der Waals surface area contributed by atoms with E-state index in [1.807, 2.05) is 0 Å². The summed E-state index contributed by atoms with van der Waals surface area (Å²) in [5.41, 5.74) is 0.497. The van der Waals surface area contributed by atoms with Gasteiger partial charge in [0.15, 0.2) is 6.61 Å². The smallest absolute Gasteiger partial charge is 0.422 e. The number of nitrogens with zero attached hydrogens (tertiary/aromatic N) is 1. The molecule has 0 aliphatic carbocycles. The Kier molecular flexibility index (Phi) is 3.31. The largest absolute Gasteiger partial charge is 0.484 e. The van der Waals surface area contributed by atoms with Gasteiger partial charge in [-0.2, -0.15) is 13.2 Å². The molecule has 97 valence electrons. The Balaban J connectivity index is 2.13. The van der Waals surface area contributed by atoms with Crippen LogP contribution < -0.4 is 15.4 Å². The van der Waals surface area contributed by atoms with Crippen LogP contribution in [0, 0.1) is 0 Å². The zero-order valence-electron chi connectivity index (χ0n) is 9.20. The molecule has 1 heterocycles. The van der Waals surface area contributed by atoms with Gasteiger partial charge in [0.2, 0.25) is 0 Å². The van der Waals surface area contributed by atoms with E-state index in [1.54, 1.807) is 18.2 Å². The second-order valence-electron chi connectivity index (χ2n) is 3.78. The van der Waals surface area contributed by atoms with Crippen molar-refractivity contribution in [3.63, 3.8) is 0 Å². The number of urea groups is 1. The first-order valence-corrected chi connectivity index (χ1v) is 5.22. The number of para-hydroxylation sites is 1. The molecular weight excluding hydrogens is 249 g/mol. The predicted molar refractivity (Wildman–Crippen MR) is 56.3 cm³/mol. The fourth-order valence-corrected chi connectivity index (χ4v) is 1.65. The van der Waals surface area contributed by atoms with Crippen molar-refractivity contribution in [1.82, 2.24) is 10.6 Å². The molecule has 0 aromatic heterocycles. The van der Waals surface area contributed by atoms with E-state index in [1.165, 1.54) is 6.07 Å². The Morgan fingerprint density at radius 1 is 1.39 bits per heavy atom. The number of amides is 2. The van der Waals surface area contributed by atoms with Crippen LogP contribution in [-0.4, -0.2) is 25.4 Å². The van der Waals surface area contributed by atoms with E-state index < -0.39 is 24.9 Å². The molecule has 2 rings (SSSR count). The maximum absolute atomic E-state index is 12.1. The lowest BCUT2D eigenvalue weighted by Crippen LogP contribution is -2.22. The van der Waals surface area contributed by atoms with Crippen molar-refractivity contribution >= 4 is 6.03 Å². The molecule has 1 fully saturated rings. The number of hydrogen-bond acceptors (Lipinski definition) is 2. The van der Waals surface area contributed by atoms with E-state index in [9.17, 15) is 18.0 Å². The molecule has 1 aliphatic heterocycles. The molecule has 1 atom stereocenters. The molecule has 1 aromatic carbocycles. The Bertz CT molecular complexity index is 448. The third kappa shape index (κ3) is 3.06. The first-order chi connectivity index (χ1) is 8.46. The van der Waals surface area contributed by atoms with Gasteiger partial charge in [0.25, 0.3) is 0 Å². The minimum atomic E-state index is -4.39. The lowest BCUT2D eigenvalue weighted by atomic mass is 10.1. The number of rotatable bonds is 3. The van der Waals surface area contributed by atoms with Crippen LogP contribution in [0.4, 0.5) is 18.0 Å². The minimum Gasteiger partial charge on any atom is -0.484 e. The van der Waals surface area contributed by atoms with Crippen molar-refractivity contribution in [1.29, 1.82) is 0 Å². The molecule has 18 heavy (non-hydrogen) atoms. The molecule has 0 saturated carbocycles. The van der Waals surface area contributed by atoms with Crippen molar-refractivity contribution in [3.05, 3.63) is 29.8 Å². The summed E-state index contributed by atoms with van der Waals surface area (Å²) in [6, 6.07) is 5.39. The van der Waals surface area contributed by atoms with Crippen LogP contribution in [-0.2, 0) is 0 Å². The van der Waals surface area contributed by atoms with Gasteiger partial charge in [-0.15, -0.1) is 0 Å². The monoisotopic (exact) mass is 259 g/mol. The zero-order valence-corrected chi connectivity index (χ0v) is 9.20. The average molecular weight is 259 g/mol. The summed E-state index contributed by atoms with van der Waals surface area (Å²) in [5.74, 6) is 0.109. The van der Waals surface area contributed by atoms with Crippen LogP contribution >= 0.6 is 0 Å². The second kappa shape index (κ2) is 4.75. The number of hydrogen-bond donors (Lipinski definition) is 1. The van der Waals surface area contributed by atoms with Gasteiger partial charge >= 0.3 is 12.2 Å². The maximum atomic E-state index is 12.1. The highest BCUT2D eigenvalue weighted by molar-refractivity contribution is 5.76. The number of carbonyl (C=O) groups excluding carboxylic acids is 1. The lowest BCUT2D eigenvalue weighted by molar-refractivity contribution is -0.153. The van der Waals surface area contributed by atoms with Gasteiger partial charge < -0.3 is 10.1 Å². The van der Waals surface area contributed by atoms with Crippen LogP contribution in [0.2, 0.25) is 0 Å². The summed E-state index contributed by atoms with van der Waals surface area (Å²) in [5, 5.41) is 6.16. The molecule has 1 N–H and O–H groups in total. The molecule has 4 nitrogen and oxygen atoms in total. The fourth-order valence-electron chi connectivity index (χ4n) is 1.65. The normalized spacial score (nSPS) is 19.3. The summed E-state index contributed by atoms with van der Waals surface area (Å²) in [7, 11) is 0. The topological polar surface area (TPSA) is 52.4 Å². The van der Waals surface area contributed by atoms with Crippen molar-refractivity contribution in [2.75, 3.05) is 13.2 Å². The van der Waals surface area contributed by atoms with Crippen LogP contribution in [0.15, 0.2) is 24.3 Å². The highest BCUT2D eigenvalue weighted by Crippen LogP contribution is 2.28. The Morgan fingerprint density at radius 3 is 2.72 bits per heavy atom. The number of ether oxygens (including phenoxy) is 1. The third-order valence-electron chi connectivity index (χ3n) is 2.40. The zero-order chi connectivity index (χ0) is 13.2. The van der Waals surface area contributed by atoms with Gasteiger partial charge in [-0.3, -0.25) is 0 Å². The summed E-state index contributed by atoms with van der Waals surface area (Å²) in [6.45, 7) is -1.16. The quantitative estimate of drug-likeness (QED) is 0.902. The van der Waals surface area contributed by atoms with Crippen molar-refractivity contribution in [2.45, 2.75) is 12.2 Å². The van der Waals surface area contributed by atoms with E-state index in [2.05, 4.69) is 10.6 Å². The number of halogens is 3. The lowest BCUT2D eigenvalue weighted by Gasteiger charge is -2.16. The summed E-state index contributed by atoms with van der Waals surface area (Å²) in [4.78, 5) is 11.0. The Labute approximate surface area is 101 Å². The van der Waals surface area contributed by atoms with Crippen molar-refractivity contribution in [3.8, 4) is 5.75 Å². The molecule has 7 heteroatoms. The second-order valence-corrected chi connectivity index (χ2v) is 3.78. The van der Waals surface area contributed by atoms with E-state index in [-0.39, 0.29) is 12.3 Å². The van der Waals surface area contributed by atoms with Crippen LogP contribution in [0.1, 0.15) is 11.6 Å². The summed E-state index contributed by atoms with van der Waals surface area (Å²) in [6.07, 6.45) is -4.39. The minimum absolute atomic E-state index is 0.109. The van der Waals surface area contributed by atoms with Gasteiger partial charge in [0.1, 0.15) is 5.75 Å². The molecule has 1 unspecified atom stereocenters. The average Bonchev–Trinajstić information content (AvgIpc) is 2.72. The molecule has 0 spiro atoms. The van der Waals surface area contributed by atoms with Gasteiger partial charge in [-0.1, -0.05) is 18.2 Å². The molecule has 1 aromatic rings. The third-order valence-corrected chi connectivity index (χ3v) is 2.40. The van der Waals surface area contributed by atoms with Gasteiger partial charge in [-0.25, -0.2) is 10.1 Å². The number of benzene rings is 1. The molecule has 0 bridgehead atoms. The SMILES string of the molecule is O=C1[N]CC(c2ccccc2OCC(F)(F)F)N1. The predicted octanol–water partition coefficient (Wildman–Crippen LogP) is 2.00. The van der Waals surface area contributed by atoms with Crippen LogP contribution in [0.25, 0.3) is 0 Å². The number of carbonyl (C=O) groups is 1. The van der Waals surface area contributed by atoms with Gasteiger partial charge in [0, 0.05) is 5.56 Å². The molecule has 2 amide bonds. The van der Waals surface area contributed by atoms with Gasteiger partial charge in [-0.05, 0) is 6.07 Å². The Morgan fingerprint density at radius 2 is 2.11 bits per heavy atom. The van der Waals surface area contributed by atoms with Crippen LogP contribution in [0.5, 0.6) is 5.75 Å². The van der Waals surface area contributed by atoms with Crippen LogP contribution in [0.3, 0.4) is 0 Å². The highest BCUT2D eigenvalue weighted by Gasteiger charge is 2.30. The standard InChI is InChI=1S/C11H10F3N2O2/c12-11(13,14)6-18-9-4-2-1-3-7(9)8-5-15-10(17)16-8/h1-4,8H,5-6H2,(H,16,17). The summed E-state index contributed by atoms with van der Waals surface area (Å²) < 4.78 is 41.0. The van der Waals surface area contributed by atoms with E-state index in [4.69, 9.17) is 4.74 Å². The maximum Gasteiger partial charge on any atom is 0.422 e. The molecule has 1 aliphatic rings. The van der Waals surface area contributed by atoms with Crippen molar-refractivity contribution in [2.24, 2.45) is 0 Å². The van der Waals surface area contributed by atoms with Crippen molar-refractivity contribution < 1.29 is 22.7 Å². The van der Waals surface area contributed by atoms with E-state index in [0.717, 1.165) is 0 Å². The van der Waals surface area contributed by atoms with E-state index >= 15 is 0 Å². The first-order valence-electron chi connectivity index (χ1n) is 5.22. The molecule has 1 radical (unpaired) electrons. The molecular formula is C11H10F3N2O2. The number of alkyl halides is 3. The van der Waals surface area contributed by atoms with E-state index in [0.29, 0.717) is 5.56 Å². The number of nitrogens with one attached hydrogen (secondary N) is 1. The molecule has 1 saturated heterocycles. The van der Waals surface area contributed by atoms with Gasteiger partial charge in [0.05, 0.1) is 12.6 Å². The fraction of sp³-hybridized carbons (Fsp3) is 0.364. The first kappa shape index (κ1) is 12.5. The Hall–Kier alpha value is -1.92. The summed E-state index contributed by atoms with van der Waals surface area (Å²) >= 11 is 0. The highest BCUT2D eigenvalue weighted by atomic mass is 19.4.